The topological polar surface area (TPSA) is 50.3 Å². The zero-order valence-electron chi connectivity index (χ0n) is 12.3. The third-order valence-corrected chi connectivity index (χ3v) is 3.32. The summed E-state index contributed by atoms with van der Waals surface area (Å²) in [6.07, 6.45) is 1.06. The second kappa shape index (κ2) is 5.84. The van der Waals surface area contributed by atoms with E-state index < -0.39 is 0 Å². The number of nitrogens with zero attached hydrogens (tertiary/aromatic N) is 3. The molecule has 1 aliphatic rings. The van der Waals surface area contributed by atoms with E-state index in [9.17, 15) is 0 Å². The van der Waals surface area contributed by atoms with Crippen LogP contribution in [0.4, 0.5) is 5.82 Å². The van der Waals surface area contributed by atoms with Crippen molar-refractivity contribution in [1.82, 2.24) is 15.5 Å². The summed E-state index contributed by atoms with van der Waals surface area (Å²) in [5, 5.41) is 12.0. The Morgan fingerprint density at radius 1 is 1.37 bits per heavy atom. The highest BCUT2D eigenvalue weighted by Crippen LogP contribution is 2.17. The molecule has 0 saturated carbocycles. The molecule has 1 saturated heterocycles. The monoisotopic (exact) mass is 264 g/mol. The molecule has 0 radical (unpaired) electrons. The van der Waals surface area contributed by atoms with Gasteiger partial charge >= 0.3 is 0 Å². The highest BCUT2D eigenvalue weighted by molar-refractivity contribution is 5.37. The number of aromatic nitrogens is 2. The zero-order chi connectivity index (χ0) is 13.9. The van der Waals surface area contributed by atoms with Crippen molar-refractivity contribution in [3.05, 3.63) is 17.8 Å². The van der Waals surface area contributed by atoms with Gasteiger partial charge in [-0.3, -0.25) is 0 Å². The van der Waals surface area contributed by atoms with E-state index in [1.165, 1.54) is 0 Å². The minimum atomic E-state index is 0.0956. The molecule has 0 bridgehead atoms. The highest BCUT2D eigenvalue weighted by atomic mass is 16.5. The van der Waals surface area contributed by atoms with Crippen molar-refractivity contribution in [3.8, 4) is 0 Å². The lowest BCUT2D eigenvalue weighted by atomic mass is 10.1. The van der Waals surface area contributed by atoms with Gasteiger partial charge in [-0.2, -0.15) is 5.10 Å². The third kappa shape index (κ3) is 4.14. The van der Waals surface area contributed by atoms with E-state index in [2.05, 4.69) is 48.2 Å². The van der Waals surface area contributed by atoms with Crippen LogP contribution in [0.3, 0.4) is 0 Å². The summed E-state index contributed by atoms with van der Waals surface area (Å²) in [6.45, 7) is 8.79. The van der Waals surface area contributed by atoms with Crippen LogP contribution in [0.25, 0.3) is 0 Å². The van der Waals surface area contributed by atoms with Gasteiger partial charge in [0.1, 0.15) is 0 Å². The van der Waals surface area contributed by atoms with Crippen LogP contribution in [-0.4, -0.2) is 42.0 Å². The lowest BCUT2D eigenvalue weighted by molar-refractivity contribution is 0.193. The molecule has 2 rings (SSSR count). The number of ether oxygens (including phenoxy) is 1. The lowest BCUT2D eigenvalue weighted by Gasteiger charge is -2.24. The fourth-order valence-corrected chi connectivity index (χ4v) is 2.01. The Bertz CT molecular complexity index is 393. The van der Waals surface area contributed by atoms with Gasteiger partial charge in [0, 0.05) is 25.7 Å². The van der Waals surface area contributed by atoms with Crippen LogP contribution in [-0.2, 0) is 11.3 Å². The van der Waals surface area contributed by atoms with Crippen LogP contribution >= 0.6 is 0 Å². The van der Waals surface area contributed by atoms with Crippen LogP contribution in [0.15, 0.2) is 12.1 Å². The van der Waals surface area contributed by atoms with E-state index in [-0.39, 0.29) is 5.54 Å². The molecule has 1 unspecified atom stereocenters. The Balaban J connectivity index is 1.94. The standard InChI is InChI=1S/C14H24N4O/c1-14(2,3)15-9-11-5-6-13(17-16-11)18(4)12-7-8-19-10-12/h5-6,12,15H,7-10H2,1-4H3. The first-order chi connectivity index (χ1) is 8.96. The predicted octanol–water partition coefficient (Wildman–Crippen LogP) is 1.59. The molecule has 1 aliphatic heterocycles. The molecule has 106 valence electrons. The third-order valence-electron chi connectivity index (χ3n) is 3.32. The first kappa shape index (κ1) is 14.2. The zero-order valence-corrected chi connectivity index (χ0v) is 12.3. The van der Waals surface area contributed by atoms with Crippen LogP contribution < -0.4 is 10.2 Å². The molecular formula is C14H24N4O. The first-order valence-corrected chi connectivity index (χ1v) is 6.84. The van der Waals surface area contributed by atoms with Crippen LogP contribution in [0.1, 0.15) is 32.9 Å². The normalized spacial score (nSPS) is 19.7. The minimum Gasteiger partial charge on any atom is -0.379 e. The Morgan fingerprint density at radius 3 is 2.68 bits per heavy atom. The van der Waals surface area contributed by atoms with Crippen molar-refractivity contribution in [3.63, 3.8) is 0 Å². The summed E-state index contributed by atoms with van der Waals surface area (Å²) in [5.74, 6) is 0.912. The largest absolute Gasteiger partial charge is 0.379 e. The molecule has 1 atom stereocenters. The van der Waals surface area contributed by atoms with Gasteiger partial charge in [-0.15, -0.1) is 5.10 Å². The van der Waals surface area contributed by atoms with Crippen molar-refractivity contribution >= 4 is 5.82 Å². The van der Waals surface area contributed by atoms with Gasteiger partial charge < -0.3 is 15.0 Å². The molecule has 1 aromatic rings. The predicted molar refractivity (Wildman–Crippen MR) is 76.3 cm³/mol. The molecule has 1 N–H and O–H groups in total. The average Bonchev–Trinajstić information content (AvgIpc) is 2.89. The van der Waals surface area contributed by atoms with Crippen molar-refractivity contribution in [2.24, 2.45) is 0 Å². The van der Waals surface area contributed by atoms with Gasteiger partial charge in [-0.25, -0.2) is 0 Å². The van der Waals surface area contributed by atoms with E-state index >= 15 is 0 Å². The van der Waals surface area contributed by atoms with E-state index in [1.807, 2.05) is 12.1 Å². The van der Waals surface area contributed by atoms with Crippen molar-refractivity contribution in [2.45, 2.75) is 45.3 Å². The number of anilines is 1. The summed E-state index contributed by atoms with van der Waals surface area (Å²) in [5.41, 5.74) is 1.06. The molecule has 5 heteroatoms. The molecule has 0 aliphatic carbocycles. The summed E-state index contributed by atoms with van der Waals surface area (Å²) >= 11 is 0. The maximum atomic E-state index is 5.40. The highest BCUT2D eigenvalue weighted by Gasteiger charge is 2.21. The van der Waals surface area contributed by atoms with Crippen molar-refractivity contribution in [1.29, 1.82) is 0 Å². The molecule has 19 heavy (non-hydrogen) atoms. The number of nitrogens with one attached hydrogen (secondary N) is 1. The maximum Gasteiger partial charge on any atom is 0.151 e. The molecular weight excluding hydrogens is 240 g/mol. The van der Waals surface area contributed by atoms with Crippen LogP contribution in [0.2, 0.25) is 0 Å². The number of rotatable bonds is 4. The molecule has 1 aromatic heterocycles. The molecule has 1 fully saturated rings. The fraction of sp³-hybridized carbons (Fsp3) is 0.714. The van der Waals surface area contributed by atoms with E-state index in [0.29, 0.717) is 6.04 Å². The second-order valence-corrected chi connectivity index (χ2v) is 6.11. The van der Waals surface area contributed by atoms with Crippen molar-refractivity contribution < 1.29 is 4.74 Å². The summed E-state index contributed by atoms with van der Waals surface area (Å²) in [4.78, 5) is 2.15. The van der Waals surface area contributed by atoms with E-state index in [1.54, 1.807) is 0 Å². The van der Waals surface area contributed by atoms with Gasteiger partial charge in [0.05, 0.1) is 18.3 Å². The molecule has 5 nitrogen and oxygen atoms in total. The van der Waals surface area contributed by atoms with Gasteiger partial charge in [0.25, 0.3) is 0 Å². The summed E-state index contributed by atoms with van der Waals surface area (Å²) in [7, 11) is 2.05. The summed E-state index contributed by atoms with van der Waals surface area (Å²) < 4.78 is 5.40. The average molecular weight is 264 g/mol. The Morgan fingerprint density at radius 2 is 2.16 bits per heavy atom. The molecule has 0 aromatic carbocycles. The fourth-order valence-electron chi connectivity index (χ4n) is 2.01. The van der Waals surface area contributed by atoms with Gasteiger partial charge in [-0.1, -0.05) is 0 Å². The Hall–Kier alpha value is -1.20. The second-order valence-electron chi connectivity index (χ2n) is 6.11. The number of likely N-dealkylation sites (N-methyl/N-ethyl adjacent to an activating group) is 1. The van der Waals surface area contributed by atoms with E-state index in [4.69, 9.17) is 4.74 Å². The Kier molecular flexibility index (Phi) is 4.37. The van der Waals surface area contributed by atoms with Gasteiger partial charge in [0.15, 0.2) is 5.82 Å². The lowest BCUT2D eigenvalue weighted by Crippen LogP contribution is -2.35. The Labute approximate surface area is 115 Å². The number of hydrogen-bond donors (Lipinski definition) is 1. The SMILES string of the molecule is CN(c1ccc(CNC(C)(C)C)nn1)C1CCOC1. The molecule has 2 heterocycles. The smallest absolute Gasteiger partial charge is 0.151 e. The van der Waals surface area contributed by atoms with Crippen molar-refractivity contribution in [2.75, 3.05) is 25.2 Å². The maximum absolute atomic E-state index is 5.40. The van der Waals surface area contributed by atoms with Crippen LogP contribution in [0.5, 0.6) is 0 Å². The van der Waals surface area contributed by atoms with E-state index in [0.717, 1.165) is 37.7 Å². The molecule has 0 amide bonds. The summed E-state index contributed by atoms with van der Waals surface area (Å²) in [6, 6.07) is 4.49. The number of hydrogen-bond acceptors (Lipinski definition) is 5. The van der Waals surface area contributed by atoms with Crippen LogP contribution in [0, 0.1) is 0 Å². The van der Waals surface area contributed by atoms with Gasteiger partial charge in [-0.05, 0) is 39.3 Å². The first-order valence-electron chi connectivity index (χ1n) is 6.84. The quantitative estimate of drug-likeness (QED) is 0.895. The minimum absolute atomic E-state index is 0.0956. The van der Waals surface area contributed by atoms with Gasteiger partial charge in [0.2, 0.25) is 0 Å². The molecule has 0 spiro atoms.